The Kier molecular flexibility index (Phi) is 5.22. The first-order valence-corrected chi connectivity index (χ1v) is 8.01. The number of benzene rings is 1. The van der Waals surface area contributed by atoms with Crippen LogP contribution in [-0.4, -0.2) is 38.3 Å². The van der Waals surface area contributed by atoms with Crippen LogP contribution >= 0.6 is 24.0 Å². The van der Waals surface area contributed by atoms with Crippen LogP contribution in [0, 0.1) is 10.1 Å². The van der Waals surface area contributed by atoms with Gasteiger partial charge in [0.25, 0.3) is 11.6 Å². The minimum Gasteiger partial charge on any atom is -0.504 e. The molecule has 2 rings (SSSR count). The molecule has 1 fully saturated rings. The van der Waals surface area contributed by atoms with Gasteiger partial charge in [0.1, 0.15) is 4.32 Å². The number of carbonyl (C=O) groups is 1. The highest BCUT2D eigenvalue weighted by Gasteiger charge is 2.31. The Morgan fingerprint density at radius 1 is 1.48 bits per heavy atom. The maximum atomic E-state index is 12.2. The second kappa shape index (κ2) is 6.97. The summed E-state index contributed by atoms with van der Waals surface area (Å²) >= 11 is 6.20. The van der Waals surface area contributed by atoms with Crippen molar-refractivity contribution in [1.29, 1.82) is 0 Å². The fraction of sp³-hybridized carbons (Fsp3) is 0.286. The molecule has 0 saturated carbocycles. The lowest BCUT2D eigenvalue weighted by atomic mass is 10.1. The number of carbonyl (C=O) groups excluding carboxylic acids is 1. The number of nitro groups is 1. The van der Waals surface area contributed by atoms with Crippen LogP contribution in [0.5, 0.6) is 11.5 Å². The van der Waals surface area contributed by atoms with Crippen LogP contribution in [0.4, 0.5) is 5.69 Å². The number of aromatic hydroxyl groups is 1. The molecule has 0 spiro atoms. The Morgan fingerprint density at radius 2 is 2.17 bits per heavy atom. The van der Waals surface area contributed by atoms with Crippen molar-refractivity contribution in [3.63, 3.8) is 0 Å². The van der Waals surface area contributed by atoms with Crippen molar-refractivity contribution in [3.8, 4) is 11.5 Å². The zero-order valence-electron chi connectivity index (χ0n) is 12.4. The van der Waals surface area contributed by atoms with Gasteiger partial charge in [0.15, 0.2) is 11.5 Å². The van der Waals surface area contributed by atoms with Crippen molar-refractivity contribution < 1.29 is 19.6 Å². The number of thioether (sulfide) groups is 1. The topological polar surface area (TPSA) is 92.9 Å². The first kappa shape index (κ1) is 17.2. The highest BCUT2D eigenvalue weighted by atomic mass is 32.2. The molecule has 7 nitrogen and oxygen atoms in total. The second-order valence-electron chi connectivity index (χ2n) is 4.50. The minimum absolute atomic E-state index is 0.001000. The molecule has 23 heavy (non-hydrogen) atoms. The second-order valence-corrected chi connectivity index (χ2v) is 6.17. The third-order valence-electron chi connectivity index (χ3n) is 3.08. The number of nitrogens with zero attached hydrogens (tertiary/aromatic N) is 2. The molecule has 9 heteroatoms. The molecule has 0 bridgehead atoms. The van der Waals surface area contributed by atoms with Crippen LogP contribution in [0.25, 0.3) is 6.08 Å². The van der Waals surface area contributed by atoms with E-state index in [0.717, 1.165) is 17.8 Å². The van der Waals surface area contributed by atoms with Gasteiger partial charge in [0, 0.05) is 18.2 Å². The van der Waals surface area contributed by atoms with E-state index in [4.69, 9.17) is 17.0 Å². The van der Waals surface area contributed by atoms with E-state index in [1.54, 1.807) is 13.8 Å². The van der Waals surface area contributed by atoms with Crippen molar-refractivity contribution in [2.45, 2.75) is 13.8 Å². The van der Waals surface area contributed by atoms with Gasteiger partial charge in [-0.2, -0.15) is 0 Å². The minimum atomic E-state index is -0.587. The summed E-state index contributed by atoms with van der Waals surface area (Å²) in [7, 11) is 0. The molecular formula is C14H14N2O5S2. The number of thiocarbonyl (C=S) groups is 1. The monoisotopic (exact) mass is 354 g/mol. The van der Waals surface area contributed by atoms with E-state index in [9.17, 15) is 20.0 Å². The molecule has 1 aliphatic heterocycles. The summed E-state index contributed by atoms with van der Waals surface area (Å²) < 4.78 is 5.63. The van der Waals surface area contributed by atoms with Crippen LogP contribution in [0.1, 0.15) is 19.4 Å². The van der Waals surface area contributed by atoms with Crippen molar-refractivity contribution >= 4 is 46.0 Å². The van der Waals surface area contributed by atoms with Gasteiger partial charge in [0.2, 0.25) is 0 Å². The van der Waals surface area contributed by atoms with Gasteiger partial charge in [-0.05, 0) is 19.9 Å². The van der Waals surface area contributed by atoms with Gasteiger partial charge in [-0.1, -0.05) is 24.0 Å². The predicted molar refractivity (Wildman–Crippen MR) is 91.5 cm³/mol. The van der Waals surface area contributed by atoms with E-state index in [1.807, 2.05) is 0 Å². The lowest BCUT2D eigenvalue weighted by Crippen LogP contribution is -2.27. The number of ether oxygens (including phenoxy) is 1. The van der Waals surface area contributed by atoms with Crippen molar-refractivity contribution in [2.75, 3.05) is 13.2 Å². The van der Waals surface area contributed by atoms with Gasteiger partial charge >= 0.3 is 0 Å². The highest BCUT2D eigenvalue weighted by Crippen LogP contribution is 2.39. The molecule has 1 aliphatic rings. The number of rotatable bonds is 5. The fourth-order valence-corrected chi connectivity index (χ4v) is 3.38. The number of nitro benzene ring substituents is 1. The average Bonchev–Trinajstić information content (AvgIpc) is 2.76. The predicted octanol–water partition coefficient (Wildman–Crippen LogP) is 2.92. The summed E-state index contributed by atoms with van der Waals surface area (Å²) in [6.45, 7) is 4.18. The number of non-ortho nitro benzene ring substituents is 1. The van der Waals surface area contributed by atoms with Gasteiger partial charge in [-0.25, -0.2) is 0 Å². The number of hydrogen-bond donors (Lipinski definition) is 1. The maximum absolute atomic E-state index is 12.2. The molecule has 0 unspecified atom stereocenters. The lowest BCUT2D eigenvalue weighted by Gasteiger charge is -2.10. The van der Waals surface area contributed by atoms with Gasteiger partial charge in [-0.15, -0.1) is 0 Å². The molecule has 0 aromatic heterocycles. The quantitative estimate of drug-likeness (QED) is 0.376. The highest BCUT2D eigenvalue weighted by molar-refractivity contribution is 8.26. The summed E-state index contributed by atoms with van der Waals surface area (Å²) in [6, 6.07) is 2.34. The van der Waals surface area contributed by atoms with Gasteiger partial charge < -0.3 is 9.84 Å². The molecule has 1 aromatic rings. The van der Waals surface area contributed by atoms with Crippen LogP contribution in [-0.2, 0) is 4.79 Å². The van der Waals surface area contributed by atoms with E-state index < -0.39 is 4.92 Å². The standard InChI is InChI=1S/C14H14N2O5S2/c1-3-15-13(18)11(23-14(15)22)6-8-5-9(16(19)20)7-10(12(8)17)21-4-2/h5-7,17H,3-4H2,1-2H3. The zero-order chi connectivity index (χ0) is 17.1. The number of hydrogen-bond acceptors (Lipinski definition) is 7. The third kappa shape index (κ3) is 3.45. The fourth-order valence-electron chi connectivity index (χ4n) is 2.01. The molecule has 1 N–H and O–H groups in total. The molecule has 0 radical (unpaired) electrons. The molecule has 1 aromatic carbocycles. The molecule has 1 saturated heterocycles. The van der Waals surface area contributed by atoms with Crippen molar-refractivity contribution in [3.05, 3.63) is 32.7 Å². The molecule has 1 amide bonds. The molecule has 0 atom stereocenters. The first-order chi connectivity index (χ1) is 10.9. The maximum Gasteiger partial charge on any atom is 0.274 e. The Labute approximate surface area is 142 Å². The normalized spacial score (nSPS) is 16.3. The summed E-state index contributed by atoms with van der Waals surface area (Å²) in [5.74, 6) is -0.537. The van der Waals surface area contributed by atoms with Crippen molar-refractivity contribution in [2.24, 2.45) is 0 Å². The van der Waals surface area contributed by atoms with E-state index in [1.165, 1.54) is 17.0 Å². The van der Waals surface area contributed by atoms with Gasteiger partial charge in [-0.3, -0.25) is 19.8 Å². The number of likely N-dealkylation sites (N-methyl/N-ethyl adjacent to an activating group) is 1. The Hall–Kier alpha value is -2.13. The van der Waals surface area contributed by atoms with E-state index in [-0.39, 0.29) is 35.3 Å². The summed E-state index contributed by atoms with van der Waals surface area (Å²) in [5, 5.41) is 21.2. The first-order valence-electron chi connectivity index (χ1n) is 6.78. The van der Waals surface area contributed by atoms with E-state index in [0.29, 0.717) is 15.8 Å². The molecule has 0 aliphatic carbocycles. The summed E-state index contributed by atoms with van der Waals surface area (Å²) in [4.78, 5) is 24.3. The average molecular weight is 354 g/mol. The Balaban J connectivity index is 2.51. The smallest absolute Gasteiger partial charge is 0.274 e. The van der Waals surface area contributed by atoms with Crippen LogP contribution in [0.15, 0.2) is 17.0 Å². The lowest BCUT2D eigenvalue weighted by molar-refractivity contribution is -0.385. The summed E-state index contributed by atoms with van der Waals surface area (Å²) in [6.07, 6.45) is 1.39. The Morgan fingerprint density at radius 3 is 2.70 bits per heavy atom. The number of phenolic OH excluding ortho intramolecular Hbond substituents is 1. The Bertz CT molecular complexity index is 717. The summed E-state index contributed by atoms with van der Waals surface area (Å²) in [5.41, 5.74) is -0.0947. The van der Waals surface area contributed by atoms with Crippen molar-refractivity contribution in [1.82, 2.24) is 4.90 Å². The largest absolute Gasteiger partial charge is 0.504 e. The molecular weight excluding hydrogens is 340 g/mol. The van der Waals surface area contributed by atoms with Crippen LogP contribution in [0.3, 0.4) is 0 Å². The number of amides is 1. The van der Waals surface area contributed by atoms with E-state index >= 15 is 0 Å². The van der Waals surface area contributed by atoms with E-state index in [2.05, 4.69) is 0 Å². The SMILES string of the molecule is CCOc1cc([N+](=O)[O-])cc(C=C2SC(=S)N(CC)C2=O)c1O. The third-order valence-corrected chi connectivity index (χ3v) is 4.45. The number of phenols is 1. The molecule has 122 valence electrons. The van der Waals surface area contributed by atoms with Gasteiger partial charge in [0.05, 0.1) is 22.5 Å². The molecule has 1 heterocycles. The van der Waals surface area contributed by atoms with Crippen LogP contribution < -0.4 is 4.74 Å². The van der Waals surface area contributed by atoms with Crippen LogP contribution in [0.2, 0.25) is 0 Å². The zero-order valence-corrected chi connectivity index (χ0v) is 14.1.